The summed E-state index contributed by atoms with van der Waals surface area (Å²) in [6, 6.07) is 15.2. The summed E-state index contributed by atoms with van der Waals surface area (Å²) in [6.45, 7) is 6.03. The summed E-state index contributed by atoms with van der Waals surface area (Å²) in [7, 11) is 1.62. The van der Waals surface area contributed by atoms with Gasteiger partial charge in [0.05, 0.1) is 13.7 Å². The van der Waals surface area contributed by atoms with E-state index in [1.807, 2.05) is 69.3 Å². The molecule has 0 aliphatic carbocycles. The van der Waals surface area contributed by atoms with Crippen LogP contribution in [0.5, 0.6) is 11.5 Å². The van der Waals surface area contributed by atoms with Crippen molar-refractivity contribution in [2.75, 3.05) is 19.0 Å². The Morgan fingerprint density at radius 3 is 2.24 bits per heavy atom. The highest BCUT2D eigenvalue weighted by Gasteiger charge is 2.16. The van der Waals surface area contributed by atoms with Crippen LogP contribution in [0, 0.1) is 0 Å². The monoisotopic (exact) mass is 343 g/mol. The van der Waals surface area contributed by atoms with Crippen molar-refractivity contribution in [1.82, 2.24) is 0 Å². The molecular formula is C20H25NO4. The molecule has 5 nitrogen and oxygen atoms in total. The number of carbonyl (C=O) groups excluding carboxylic acids is 1. The van der Waals surface area contributed by atoms with Gasteiger partial charge in [-0.25, -0.2) is 4.79 Å². The lowest BCUT2D eigenvalue weighted by Crippen LogP contribution is -2.27. The maximum absolute atomic E-state index is 11.7. The van der Waals surface area contributed by atoms with E-state index >= 15 is 0 Å². The van der Waals surface area contributed by atoms with E-state index < -0.39 is 11.7 Å². The number of hydrogen-bond donors (Lipinski definition) is 1. The van der Waals surface area contributed by atoms with Crippen molar-refractivity contribution in [3.05, 3.63) is 54.1 Å². The number of ether oxygens (including phenoxy) is 3. The van der Waals surface area contributed by atoms with Crippen LogP contribution in [0.3, 0.4) is 0 Å². The van der Waals surface area contributed by atoms with Gasteiger partial charge in [0.25, 0.3) is 0 Å². The number of hydrogen-bond acceptors (Lipinski definition) is 4. The molecule has 0 aromatic heterocycles. The Labute approximate surface area is 148 Å². The lowest BCUT2D eigenvalue weighted by Gasteiger charge is -2.19. The number of methoxy groups -OCH3 is 1. The third-order valence-corrected chi connectivity index (χ3v) is 3.32. The Kier molecular flexibility index (Phi) is 6.28. The number of para-hydroxylation sites is 2. The molecule has 2 rings (SSSR count). The van der Waals surface area contributed by atoms with E-state index in [2.05, 4.69) is 5.32 Å². The van der Waals surface area contributed by atoms with Crippen LogP contribution in [-0.4, -0.2) is 25.4 Å². The van der Waals surface area contributed by atoms with E-state index in [9.17, 15) is 4.79 Å². The molecule has 0 aliphatic heterocycles. The normalized spacial score (nSPS) is 10.9. The molecule has 0 saturated carbocycles. The standard InChI is InChI=1S/C20H25NO4/c1-20(2,3)25-19(22)21-16-11-9-15(10-12-16)13-14-24-18-8-6-5-7-17(18)23-4/h5-12H,13-14H2,1-4H3,(H,21,22). The molecule has 0 unspecified atom stereocenters. The van der Waals surface area contributed by atoms with Gasteiger partial charge in [-0.1, -0.05) is 24.3 Å². The molecule has 0 aliphatic rings. The van der Waals surface area contributed by atoms with E-state index in [-0.39, 0.29) is 0 Å². The zero-order valence-electron chi connectivity index (χ0n) is 15.2. The lowest BCUT2D eigenvalue weighted by atomic mass is 10.1. The van der Waals surface area contributed by atoms with Gasteiger partial charge in [-0.3, -0.25) is 5.32 Å². The highest BCUT2D eigenvalue weighted by molar-refractivity contribution is 5.84. The molecule has 0 heterocycles. The van der Waals surface area contributed by atoms with Gasteiger partial charge in [0.15, 0.2) is 11.5 Å². The molecule has 134 valence electrons. The average molecular weight is 343 g/mol. The zero-order valence-corrected chi connectivity index (χ0v) is 15.2. The summed E-state index contributed by atoms with van der Waals surface area (Å²) in [4.78, 5) is 11.7. The van der Waals surface area contributed by atoms with Crippen LogP contribution in [0.25, 0.3) is 0 Å². The maximum Gasteiger partial charge on any atom is 0.412 e. The number of anilines is 1. The largest absolute Gasteiger partial charge is 0.493 e. The van der Waals surface area contributed by atoms with Gasteiger partial charge in [-0.05, 0) is 50.6 Å². The Balaban J connectivity index is 1.83. The number of carbonyl (C=O) groups is 1. The van der Waals surface area contributed by atoms with Crippen LogP contribution in [0.15, 0.2) is 48.5 Å². The van der Waals surface area contributed by atoms with Crippen LogP contribution in [0.2, 0.25) is 0 Å². The molecule has 0 spiro atoms. The zero-order chi connectivity index (χ0) is 18.3. The van der Waals surface area contributed by atoms with Crippen LogP contribution in [0.1, 0.15) is 26.3 Å². The first kappa shape index (κ1) is 18.6. The molecule has 0 fully saturated rings. The second-order valence-corrected chi connectivity index (χ2v) is 6.57. The minimum Gasteiger partial charge on any atom is -0.493 e. The first-order chi connectivity index (χ1) is 11.9. The van der Waals surface area contributed by atoms with E-state index in [4.69, 9.17) is 14.2 Å². The summed E-state index contributed by atoms with van der Waals surface area (Å²) >= 11 is 0. The van der Waals surface area contributed by atoms with Crippen molar-refractivity contribution in [2.45, 2.75) is 32.8 Å². The highest BCUT2D eigenvalue weighted by atomic mass is 16.6. The molecule has 0 saturated heterocycles. The topological polar surface area (TPSA) is 56.8 Å². The minimum atomic E-state index is -0.514. The second-order valence-electron chi connectivity index (χ2n) is 6.57. The van der Waals surface area contributed by atoms with Crippen molar-refractivity contribution in [3.63, 3.8) is 0 Å². The average Bonchev–Trinajstić information content (AvgIpc) is 2.55. The van der Waals surface area contributed by atoms with Crippen LogP contribution >= 0.6 is 0 Å². The third-order valence-electron chi connectivity index (χ3n) is 3.32. The molecule has 25 heavy (non-hydrogen) atoms. The lowest BCUT2D eigenvalue weighted by molar-refractivity contribution is 0.0636. The Bertz CT molecular complexity index is 690. The van der Waals surface area contributed by atoms with Gasteiger partial charge in [0.1, 0.15) is 5.60 Å². The third kappa shape index (κ3) is 6.37. The number of rotatable bonds is 6. The van der Waals surface area contributed by atoms with Gasteiger partial charge in [-0.2, -0.15) is 0 Å². The van der Waals surface area contributed by atoms with E-state index in [1.54, 1.807) is 7.11 Å². The van der Waals surface area contributed by atoms with Crippen molar-refractivity contribution in [2.24, 2.45) is 0 Å². The summed E-state index contributed by atoms with van der Waals surface area (Å²) in [5, 5.41) is 2.71. The van der Waals surface area contributed by atoms with Gasteiger partial charge in [0.2, 0.25) is 0 Å². The fourth-order valence-corrected chi connectivity index (χ4v) is 2.19. The molecule has 1 amide bonds. The number of amides is 1. The summed E-state index contributed by atoms with van der Waals surface area (Å²) in [6.07, 6.45) is 0.296. The molecule has 2 aromatic carbocycles. The van der Waals surface area contributed by atoms with Crippen LogP contribution in [-0.2, 0) is 11.2 Å². The summed E-state index contributed by atoms with van der Waals surface area (Å²) < 4.78 is 16.3. The first-order valence-corrected chi connectivity index (χ1v) is 8.22. The van der Waals surface area contributed by atoms with Gasteiger partial charge >= 0.3 is 6.09 Å². The second kappa shape index (κ2) is 8.42. The maximum atomic E-state index is 11.7. The summed E-state index contributed by atoms with van der Waals surface area (Å²) in [5.41, 5.74) is 1.30. The highest BCUT2D eigenvalue weighted by Crippen LogP contribution is 2.25. The molecule has 0 atom stereocenters. The number of benzene rings is 2. The SMILES string of the molecule is COc1ccccc1OCCc1ccc(NC(=O)OC(C)(C)C)cc1. The molecule has 0 bridgehead atoms. The summed E-state index contributed by atoms with van der Waals surface area (Å²) in [5.74, 6) is 1.45. The van der Waals surface area contributed by atoms with Gasteiger partial charge in [-0.15, -0.1) is 0 Å². The quantitative estimate of drug-likeness (QED) is 0.828. The Hall–Kier alpha value is -2.69. The van der Waals surface area contributed by atoms with E-state index in [0.29, 0.717) is 12.3 Å². The van der Waals surface area contributed by atoms with Crippen molar-refractivity contribution < 1.29 is 19.0 Å². The molecule has 2 aromatic rings. The molecule has 5 heteroatoms. The van der Waals surface area contributed by atoms with E-state index in [0.717, 1.165) is 23.5 Å². The van der Waals surface area contributed by atoms with Gasteiger partial charge in [0, 0.05) is 12.1 Å². The van der Waals surface area contributed by atoms with Gasteiger partial charge < -0.3 is 14.2 Å². The van der Waals surface area contributed by atoms with Crippen molar-refractivity contribution in [3.8, 4) is 11.5 Å². The smallest absolute Gasteiger partial charge is 0.412 e. The fraction of sp³-hybridized carbons (Fsp3) is 0.350. The Morgan fingerprint density at radius 1 is 1.00 bits per heavy atom. The van der Waals surface area contributed by atoms with Crippen LogP contribution < -0.4 is 14.8 Å². The first-order valence-electron chi connectivity index (χ1n) is 8.22. The molecule has 0 radical (unpaired) electrons. The minimum absolute atomic E-state index is 0.459. The molecule has 1 N–H and O–H groups in total. The predicted molar refractivity (Wildman–Crippen MR) is 98.5 cm³/mol. The number of nitrogens with one attached hydrogen (secondary N) is 1. The fourth-order valence-electron chi connectivity index (χ4n) is 2.19. The van der Waals surface area contributed by atoms with Crippen molar-refractivity contribution >= 4 is 11.8 Å². The molecular weight excluding hydrogens is 318 g/mol. The predicted octanol–water partition coefficient (Wildman–Crippen LogP) is 4.66. The van der Waals surface area contributed by atoms with E-state index in [1.165, 1.54) is 0 Å². The van der Waals surface area contributed by atoms with Crippen LogP contribution in [0.4, 0.5) is 10.5 Å². The Morgan fingerprint density at radius 2 is 1.64 bits per heavy atom. The van der Waals surface area contributed by atoms with Crippen molar-refractivity contribution in [1.29, 1.82) is 0 Å².